The van der Waals surface area contributed by atoms with Crippen molar-refractivity contribution in [1.82, 2.24) is 0 Å². The minimum absolute atomic E-state index is 0.0764. The average molecular weight is 322 g/mol. The van der Waals surface area contributed by atoms with E-state index in [0.717, 1.165) is 34.1 Å². The first-order valence-electron chi connectivity index (χ1n) is 4.49. The number of rotatable bonds is 2. The Bertz CT molecular complexity index is 322. The Morgan fingerprint density at radius 3 is 2.86 bits per heavy atom. The first kappa shape index (κ1) is 10.5. The predicted octanol–water partition coefficient (Wildman–Crippen LogP) is 3.73. The van der Waals surface area contributed by atoms with E-state index >= 15 is 0 Å². The lowest BCUT2D eigenvalue weighted by atomic mass is 10.3. The molecule has 0 bridgehead atoms. The Hall–Kier alpha value is -0.0600. The number of benzene rings is 1. The number of halogens is 2. The molecule has 0 saturated carbocycles. The van der Waals surface area contributed by atoms with E-state index < -0.39 is 0 Å². The van der Waals surface area contributed by atoms with E-state index in [1.54, 1.807) is 0 Å². The highest BCUT2D eigenvalue weighted by Crippen LogP contribution is 2.30. The van der Waals surface area contributed by atoms with Crippen LogP contribution in [-0.2, 0) is 4.74 Å². The summed E-state index contributed by atoms with van der Waals surface area (Å²) in [7, 11) is 0. The van der Waals surface area contributed by atoms with Crippen molar-refractivity contribution in [2.24, 2.45) is 0 Å². The van der Waals surface area contributed by atoms with Crippen LogP contribution in [0, 0.1) is 0 Å². The molecule has 1 aliphatic heterocycles. The van der Waals surface area contributed by atoms with Gasteiger partial charge in [0.1, 0.15) is 5.75 Å². The Labute approximate surface area is 99.8 Å². The van der Waals surface area contributed by atoms with Crippen LogP contribution in [0.15, 0.2) is 27.1 Å². The van der Waals surface area contributed by atoms with Crippen LogP contribution < -0.4 is 4.74 Å². The van der Waals surface area contributed by atoms with Gasteiger partial charge in [-0.1, -0.05) is 15.9 Å². The molecule has 1 saturated heterocycles. The van der Waals surface area contributed by atoms with Crippen molar-refractivity contribution >= 4 is 31.9 Å². The van der Waals surface area contributed by atoms with Gasteiger partial charge in [0.25, 0.3) is 0 Å². The van der Waals surface area contributed by atoms with Gasteiger partial charge in [-0.3, -0.25) is 0 Å². The molecule has 0 amide bonds. The zero-order valence-electron chi connectivity index (χ0n) is 7.50. The lowest BCUT2D eigenvalue weighted by Crippen LogP contribution is -2.14. The van der Waals surface area contributed by atoms with E-state index in [9.17, 15) is 0 Å². The third-order valence-corrected chi connectivity index (χ3v) is 3.15. The molecule has 2 rings (SSSR count). The van der Waals surface area contributed by atoms with Crippen LogP contribution in [-0.4, -0.2) is 12.9 Å². The molecule has 2 nitrogen and oxygen atoms in total. The fourth-order valence-corrected chi connectivity index (χ4v) is 2.49. The van der Waals surface area contributed by atoms with E-state index in [2.05, 4.69) is 31.9 Å². The largest absolute Gasteiger partial charge is 0.464 e. The summed E-state index contributed by atoms with van der Waals surface area (Å²) in [5.74, 6) is 0.833. The molecule has 0 radical (unpaired) electrons. The summed E-state index contributed by atoms with van der Waals surface area (Å²) in [5, 5.41) is 0. The standard InChI is InChI=1S/C10H10Br2O2/c11-7-3-4-9(8(12)6-7)14-10-2-1-5-13-10/h3-4,6,10H,1-2,5H2. The molecule has 1 atom stereocenters. The van der Waals surface area contributed by atoms with Crippen LogP contribution in [0.3, 0.4) is 0 Å². The molecule has 1 aromatic rings. The quantitative estimate of drug-likeness (QED) is 0.826. The van der Waals surface area contributed by atoms with Crippen molar-refractivity contribution in [3.63, 3.8) is 0 Å². The Balaban J connectivity index is 2.08. The van der Waals surface area contributed by atoms with Gasteiger partial charge in [0, 0.05) is 10.9 Å². The van der Waals surface area contributed by atoms with Crippen LogP contribution in [0.25, 0.3) is 0 Å². The van der Waals surface area contributed by atoms with Gasteiger partial charge in [-0.25, -0.2) is 0 Å². The molecule has 0 aliphatic carbocycles. The second-order valence-corrected chi connectivity index (χ2v) is 4.91. The molecular formula is C10H10Br2O2. The fraction of sp³-hybridized carbons (Fsp3) is 0.400. The molecule has 1 heterocycles. The predicted molar refractivity (Wildman–Crippen MR) is 61.4 cm³/mol. The van der Waals surface area contributed by atoms with Crippen molar-refractivity contribution in [1.29, 1.82) is 0 Å². The normalized spacial score (nSPS) is 21.1. The van der Waals surface area contributed by atoms with Crippen LogP contribution in [0.1, 0.15) is 12.8 Å². The van der Waals surface area contributed by atoms with Crippen molar-refractivity contribution in [2.75, 3.05) is 6.61 Å². The number of hydrogen-bond donors (Lipinski definition) is 0. The molecule has 1 fully saturated rings. The lowest BCUT2D eigenvalue weighted by Gasteiger charge is -2.13. The smallest absolute Gasteiger partial charge is 0.199 e. The molecule has 76 valence electrons. The van der Waals surface area contributed by atoms with Crippen molar-refractivity contribution in [3.8, 4) is 5.75 Å². The van der Waals surface area contributed by atoms with Crippen molar-refractivity contribution < 1.29 is 9.47 Å². The molecule has 1 aliphatic rings. The highest BCUT2D eigenvalue weighted by molar-refractivity contribution is 9.11. The summed E-state index contributed by atoms with van der Waals surface area (Å²) in [4.78, 5) is 0. The van der Waals surface area contributed by atoms with Gasteiger partial charge in [-0.15, -0.1) is 0 Å². The van der Waals surface area contributed by atoms with Gasteiger partial charge in [0.05, 0.1) is 11.1 Å². The summed E-state index contributed by atoms with van der Waals surface area (Å²) < 4.78 is 13.0. The molecule has 0 spiro atoms. The third kappa shape index (κ3) is 2.49. The maximum absolute atomic E-state index is 5.67. The summed E-state index contributed by atoms with van der Waals surface area (Å²) in [6.07, 6.45) is 1.98. The van der Waals surface area contributed by atoms with E-state index in [0.29, 0.717) is 0 Å². The summed E-state index contributed by atoms with van der Waals surface area (Å²) >= 11 is 6.84. The first-order chi connectivity index (χ1) is 6.75. The van der Waals surface area contributed by atoms with Gasteiger partial charge in [-0.05, 0) is 40.5 Å². The summed E-state index contributed by atoms with van der Waals surface area (Å²) in [5.41, 5.74) is 0. The van der Waals surface area contributed by atoms with Crippen LogP contribution >= 0.6 is 31.9 Å². The molecular weight excluding hydrogens is 312 g/mol. The molecule has 4 heteroatoms. The molecule has 1 unspecified atom stereocenters. The second kappa shape index (κ2) is 4.64. The van der Waals surface area contributed by atoms with Crippen LogP contribution in [0.4, 0.5) is 0 Å². The third-order valence-electron chi connectivity index (χ3n) is 2.04. The number of hydrogen-bond acceptors (Lipinski definition) is 2. The topological polar surface area (TPSA) is 18.5 Å². The zero-order valence-corrected chi connectivity index (χ0v) is 10.7. The van der Waals surface area contributed by atoms with E-state index in [4.69, 9.17) is 9.47 Å². The van der Waals surface area contributed by atoms with Gasteiger partial charge in [0.2, 0.25) is 0 Å². The molecule has 14 heavy (non-hydrogen) atoms. The SMILES string of the molecule is Brc1ccc(OC2CCCO2)c(Br)c1. The Morgan fingerprint density at radius 1 is 1.36 bits per heavy atom. The van der Waals surface area contributed by atoms with Crippen molar-refractivity contribution in [3.05, 3.63) is 27.1 Å². The average Bonchev–Trinajstić information content (AvgIpc) is 2.62. The van der Waals surface area contributed by atoms with E-state index in [-0.39, 0.29) is 6.29 Å². The lowest BCUT2D eigenvalue weighted by molar-refractivity contribution is -0.0394. The van der Waals surface area contributed by atoms with Crippen LogP contribution in [0.5, 0.6) is 5.75 Å². The summed E-state index contributed by atoms with van der Waals surface area (Å²) in [6.45, 7) is 0.804. The maximum atomic E-state index is 5.67. The summed E-state index contributed by atoms with van der Waals surface area (Å²) in [6, 6.07) is 5.84. The molecule has 0 aromatic heterocycles. The number of ether oxygens (including phenoxy) is 2. The Morgan fingerprint density at radius 2 is 2.21 bits per heavy atom. The fourth-order valence-electron chi connectivity index (χ4n) is 1.35. The minimum atomic E-state index is -0.0764. The van der Waals surface area contributed by atoms with Gasteiger partial charge >= 0.3 is 0 Å². The van der Waals surface area contributed by atoms with Crippen molar-refractivity contribution in [2.45, 2.75) is 19.1 Å². The molecule has 0 N–H and O–H groups in total. The minimum Gasteiger partial charge on any atom is -0.464 e. The monoisotopic (exact) mass is 320 g/mol. The maximum Gasteiger partial charge on any atom is 0.199 e. The van der Waals surface area contributed by atoms with Gasteiger partial charge in [-0.2, -0.15) is 0 Å². The second-order valence-electron chi connectivity index (χ2n) is 3.14. The van der Waals surface area contributed by atoms with Gasteiger partial charge < -0.3 is 9.47 Å². The van der Waals surface area contributed by atoms with Gasteiger partial charge in [0.15, 0.2) is 6.29 Å². The highest BCUT2D eigenvalue weighted by Gasteiger charge is 2.17. The van der Waals surface area contributed by atoms with Crippen LogP contribution in [0.2, 0.25) is 0 Å². The highest BCUT2D eigenvalue weighted by atomic mass is 79.9. The van der Waals surface area contributed by atoms with E-state index in [1.807, 2.05) is 18.2 Å². The molecule has 1 aromatic carbocycles. The van der Waals surface area contributed by atoms with E-state index in [1.165, 1.54) is 0 Å². The first-order valence-corrected chi connectivity index (χ1v) is 6.07. The zero-order chi connectivity index (χ0) is 9.97. The Kier molecular flexibility index (Phi) is 3.47.